The fraction of sp³-hybridized carbons (Fsp3) is 0.833. The highest BCUT2D eigenvalue weighted by Gasteiger charge is 2.21. The van der Waals surface area contributed by atoms with Crippen LogP contribution in [0.3, 0.4) is 0 Å². The van der Waals surface area contributed by atoms with E-state index in [1.54, 1.807) is 0 Å². The second kappa shape index (κ2) is 4.94. The first kappa shape index (κ1) is 11.7. The molecule has 0 spiro atoms. The molecule has 0 radical (unpaired) electrons. The summed E-state index contributed by atoms with van der Waals surface area (Å²) in [5.74, 6) is 0. The van der Waals surface area contributed by atoms with Crippen molar-refractivity contribution in [2.45, 2.75) is 64.1 Å². The molecule has 2 N–H and O–H groups in total. The number of allylic oxidation sites excluding steroid dienone is 1. The van der Waals surface area contributed by atoms with Crippen LogP contribution in [0.25, 0.3) is 0 Å². The minimum absolute atomic E-state index is 0.195. The second-order valence-electron chi connectivity index (χ2n) is 4.75. The van der Waals surface area contributed by atoms with E-state index in [0.29, 0.717) is 0 Å². The van der Waals surface area contributed by atoms with Crippen LogP contribution in [0.4, 0.5) is 0 Å². The van der Waals surface area contributed by atoms with Gasteiger partial charge in [-0.25, -0.2) is 0 Å². The van der Waals surface area contributed by atoms with E-state index >= 15 is 0 Å². The van der Waals surface area contributed by atoms with E-state index in [9.17, 15) is 5.11 Å². The fourth-order valence-electron chi connectivity index (χ4n) is 2.08. The SMILES string of the molecule is CC(O)CCCC1=CC(C)(O)CCC1. The van der Waals surface area contributed by atoms with Crippen LogP contribution >= 0.6 is 0 Å². The Kier molecular flexibility index (Phi) is 4.14. The van der Waals surface area contributed by atoms with Gasteiger partial charge in [0.25, 0.3) is 0 Å². The third-order valence-electron chi connectivity index (χ3n) is 2.82. The molecule has 1 aliphatic carbocycles. The largest absolute Gasteiger partial charge is 0.393 e. The molecule has 0 saturated heterocycles. The third kappa shape index (κ3) is 4.25. The average molecular weight is 198 g/mol. The summed E-state index contributed by atoms with van der Waals surface area (Å²) in [5.41, 5.74) is 0.778. The molecule has 2 atom stereocenters. The lowest BCUT2D eigenvalue weighted by atomic mass is 9.86. The smallest absolute Gasteiger partial charge is 0.0802 e. The Bertz CT molecular complexity index is 204. The summed E-state index contributed by atoms with van der Waals surface area (Å²) >= 11 is 0. The first-order chi connectivity index (χ1) is 6.49. The van der Waals surface area contributed by atoms with Crippen molar-refractivity contribution in [3.05, 3.63) is 11.6 Å². The number of aliphatic hydroxyl groups is 2. The van der Waals surface area contributed by atoms with Crippen molar-refractivity contribution in [3.8, 4) is 0 Å². The van der Waals surface area contributed by atoms with Crippen molar-refractivity contribution in [3.63, 3.8) is 0 Å². The predicted molar refractivity (Wildman–Crippen MR) is 58.1 cm³/mol. The molecule has 0 fully saturated rings. The van der Waals surface area contributed by atoms with E-state index in [4.69, 9.17) is 5.11 Å². The molecule has 0 aromatic heterocycles. The van der Waals surface area contributed by atoms with E-state index in [2.05, 4.69) is 0 Å². The van der Waals surface area contributed by atoms with Crippen molar-refractivity contribution in [2.75, 3.05) is 0 Å². The van der Waals surface area contributed by atoms with E-state index in [1.165, 1.54) is 5.57 Å². The Labute approximate surface area is 86.6 Å². The zero-order valence-electron chi connectivity index (χ0n) is 9.29. The lowest BCUT2D eigenvalue weighted by molar-refractivity contribution is 0.0923. The molecule has 0 amide bonds. The van der Waals surface area contributed by atoms with Crippen LogP contribution in [0.15, 0.2) is 11.6 Å². The van der Waals surface area contributed by atoms with Crippen LogP contribution in [0.1, 0.15) is 52.4 Å². The molecule has 2 nitrogen and oxygen atoms in total. The van der Waals surface area contributed by atoms with Crippen LogP contribution in [-0.2, 0) is 0 Å². The fourth-order valence-corrected chi connectivity index (χ4v) is 2.08. The van der Waals surface area contributed by atoms with Gasteiger partial charge in [0, 0.05) is 0 Å². The molecule has 82 valence electrons. The van der Waals surface area contributed by atoms with Crippen LogP contribution < -0.4 is 0 Å². The molecule has 0 aromatic carbocycles. The highest BCUT2D eigenvalue weighted by atomic mass is 16.3. The summed E-state index contributed by atoms with van der Waals surface area (Å²) in [6.45, 7) is 3.70. The molecule has 0 aromatic rings. The lowest BCUT2D eigenvalue weighted by Gasteiger charge is -2.26. The Balaban J connectivity index is 2.33. The zero-order chi connectivity index (χ0) is 10.6. The van der Waals surface area contributed by atoms with Gasteiger partial charge in [0.15, 0.2) is 0 Å². The van der Waals surface area contributed by atoms with Crippen LogP contribution in [0.2, 0.25) is 0 Å². The lowest BCUT2D eigenvalue weighted by Crippen LogP contribution is -2.24. The van der Waals surface area contributed by atoms with Gasteiger partial charge in [0.1, 0.15) is 0 Å². The monoisotopic (exact) mass is 198 g/mol. The Hall–Kier alpha value is -0.340. The van der Waals surface area contributed by atoms with Gasteiger partial charge in [0.05, 0.1) is 11.7 Å². The summed E-state index contributed by atoms with van der Waals surface area (Å²) in [6.07, 6.45) is 7.83. The quantitative estimate of drug-likeness (QED) is 0.681. The summed E-state index contributed by atoms with van der Waals surface area (Å²) < 4.78 is 0. The zero-order valence-corrected chi connectivity index (χ0v) is 9.29. The molecule has 2 unspecified atom stereocenters. The molecule has 1 rings (SSSR count). The Morgan fingerprint density at radius 3 is 2.86 bits per heavy atom. The molecule has 1 aliphatic rings. The minimum atomic E-state index is -0.585. The van der Waals surface area contributed by atoms with Gasteiger partial charge in [0.2, 0.25) is 0 Å². The first-order valence-electron chi connectivity index (χ1n) is 5.61. The Morgan fingerprint density at radius 1 is 1.57 bits per heavy atom. The maximum Gasteiger partial charge on any atom is 0.0802 e. The molecular formula is C12H22O2. The topological polar surface area (TPSA) is 40.5 Å². The molecular weight excluding hydrogens is 176 g/mol. The van der Waals surface area contributed by atoms with Gasteiger partial charge in [-0.05, 0) is 52.4 Å². The number of hydrogen-bond donors (Lipinski definition) is 2. The van der Waals surface area contributed by atoms with Crippen LogP contribution in [0.5, 0.6) is 0 Å². The maximum atomic E-state index is 9.83. The standard InChI is InChI=1S/C12H22O2/c1-10(13)5-3-6-11-7-4-8-12(2,14)9-11/h9-10,13-14H,3-8H2,1-2H3. The normalized spacial score (nSPS) is 29.9. The molecule has 0 heterocycles. The molecule has 0 bridgehead atoms. The summed E-state index contributed by atoms with van der Waals surface area (Å²) in [4.78, 5) is 0. The van der Waals surface area contributed by atoms with Crippen molar-refractivity contribution in [1.29, 1.82) is 0 Å². The van der Waals surface area contributed by atoms with E-state index in [0.717, 1.165) is 38.5 Å². The van der Waals surface area contributed by atoms with Gasteiger partial charge in [-0.15, -0.1) is 0 Å². The minimum Gasteiger partial charge on any atom is -0.393 e. The van der Waals surface area contributed by atoms with Crippen molar-refractivity contribution in [1.82, 2.24) is 0 Å². The van der Waals surface area contributed by atoms with E-state index in [-0.39, 0.29) is 6.10 Å². The summed E-state index contributed by atoms with van der Waals surface area (Å²) in [7, 11) is 0. The molecule has 14 heavy (non-hydrogen) atoms. The van der Waals surface area contributed by atoms with Crippen molar-refractivity contribution in [2.24, 2.45) is 0 Å². The number of rotatable bonds is 4. The van der Waals surface area contributed by atoms with Crippen molar-refractivity contribution < 1.29 is 10.2 Å². The van der Waals surface area contributed by atoms with Crippen LogP contribution in [-0.4, -0.2) is 21.9 Å². The first-order valence-corrected chi connectivity index (χ1v) is 5.61. The van der Waals surface area contributed by atoms with Gasteiger partial charge < -0.3 is 10.2 Å². The van der Waals surface area contributed by atoms with Gasteiger partial charge in [-0.1, -0.05) is 11.6 Å². The van der Waals surface area contributed by atoms with Crippen molar-refractivity contribution >= 4 is 0 Å². The summed E-state index contributed by atoms with van der Waals surface area (Å²) in [5, 5.41) is 18.9. The Morgan fingerprint density at radius 2 is 2.29 bits per heavy atom. The molecule has 2 heteroatoms. The summed E-state index contributed by atoms with van der Waals surface area (Å²) in [6, 6.07) is 0. The predicted octanol–water partition coefficient (Wildman–Crippen LogP) is 2.40. The number of aliphatic hydroxyl groups excluding tert-OH is 1. The van der Waals surface area contributed by atoms with Gasteiger partial charge >= 0.3 is 0 Å². The van der Waals surface area contributed by atoms with E-state index < -0.39 is 5.60 Å². The highest BCUT2D eigenvalue weighted by molar-refractivity contribution is 5.13. The third-order valence-corrected chi connectivity index (χ3v) is 2.82. The highest BCUT2D eigenvalue weighted by Crippen LogP contribution is 2.28. The van der Waals surface area contributed by atoms with Gasteiger partial charge in [-0.3, -0.25) is 0 Å². The average Bonchev–Trinajstić information content (AvgIpc) is 2.01. The molecule has 0 aliphatic heterocycles. The number of hydrogen-bond acceptors (Lipinski definition) is 2. The van der Waals surface area contributed by atoms with Gasteiger partial charge in [-0.2, -0.15) is 0 Å². The van der Waals surface area contributed by atoms with E-state index in [1.807, 2.05) is 19.9 Å². The van der Waals surface area contributed by atoms with Crippen LogP contribution in [0, 0.1) is 0 Å². The molecule has 0 saturated carbocycles. The second-order valence-corrected chi connectivity index (χ2v) is 4.75. The maximum absolute atomic E-state index is 9.83.